The first-order valence-electron chi connectivity index (χ1n) is 6.75. The SMILES string of the molecule is Cc1cc(C)c(CNCC2(C#N)CCC2)cc1C. The lowest BCUT2D eigenvalue weighted by Gasteiger charge is -2.35. The maximum absolute atomic E-state index is 9.18. The van der Waals surface area contributed by atoms with Crippen LogP contribution in [0.1, 0.15) is 41.5 Å². The third kappa shape index (κ3) is 2.57. The minimum absolute atomic E-state index is 0.0757. The summed E-state index contributed by atoms with van der Waals surface area (Å²) in [6, 6.07) is 6.98. The lowest BCUT2D eigenvalue weighted by molar-refractivity contribution is 0.206. The number of aryl methyl sites for hydroxylation is 3. The van der Waals surface area contributed by atoms with Crippen molar-refractivity contribution < 1.29 is 0 Å². The zero-order chi connectivity index (χ0) is 13.2. The molecule has 0 bridgehead atoms. The molecule has 2 rings (SSSR count). The van der Waals surface area contributed by atoms with E-state index >= 15 is 0 Å². The summed E-state index contributed by atoms with van der Waals surface area (Å²) in [5.74, 6) is 0. The van der Waals surface area contributed by atoms with E-state index in [1.165, 1.54) is 28.7 Å². The molecule has 0 radical (unpaired) electrons. The van der Waals surface area contributed by atoms with Crippen molar-refractivity contribution in [3.05, 3.63) is 34.4 Å². The van der Waals surface area contributed by atoms with Gasteiger partial charge in [-0.2, -0.15) is 5.26 Å². The van der Waals surface area contributed by atoms with E-state index in [9.17, 15) is 5.26 Å². The van der Waals surface area contributed by atoms with Crippen molar-refractivity contribution in [3.63, 3.8) is 0 Å². The van der Waals surface area contributed by atoms with Gasteiger partial charge in [0.1, 0.15) is 0 Å². The van der Waals surface area contributed by atoms with Gasteiger partial charge in [0.05, 0.1) is 11.5 Å². The van der Waals surface area contributed by atoms with Crippen LogP contribution in [-0.4, -0.2) is 6.54 Å². The molecule has 0 aromatic heterocycles. The van der Waals surface area contributed by atoms with Crippen LogP contribution >= 0.6 is 0 Å². The minimum atomic E-state index is -0.0757. The van der Waals surface area contributed by atoms with E-state index in [1.807, 2.05) is 0 Å². The first-order valence-corrected chi connectivity index (χ1v) is 6.75. The number of hydrogen-bond donors (Lipinski definition) is 1. The standard InChI is InChI=1S/C16H22N2/c1-12-7-14(3)15(8-13(12)2)9-18-11-16(10-17)5-4-6-16/h7-8,18H,4-6,9,11H2,1-3H3. The highest BCUT2D eigenvalue weighted by Gasteiger charge is 2.36. The Hall–Kier alpha value is -1.33. The number of rotatable bonds is 4. The highest BCUT2D eigenvalue weighted by atomic mass is 14.9. The van der Waals surface area contributed by atoms with Crippen molar-refractivity contribution in [1.82, 2.24) is 5.32 Å². The smallest absolute Gasteiger partial charge is 0.0703 e. The fraction of sp³-hybridized carbons (Fsp3) is 0.562. The van der Waals surface area contributed by atoms with Crippen LogP contribution in [0.2, 0.25) is 0 Å². The second kappa shape index (κ2) is 5.12. The van der Waals surface area contributed by atoms with Crippen molar-refractivity contribution in [2.45, 2.75) is 46.6 Å². The van der Waals surface area contributed by atoms with Gasteiger partial charge in [0.25, 0.3) is 0 Å². The Labute approximate surface area is 110 Å². The van der Waals surface area contributed by atoms with Gasteiger partial charge in [-0.3, -0.25) is 0 Å². The van der Waals surface area contributed by atoms with Crippen LogP contribution in [0, 0.1) is 37.5 Å². The summed E-state index contributed by atoms with van der Waals surface area (Å²) < 4.78 is 0. The van der Waals surface area contributed by atoms with E-state index in [-0.39, 0.29) is 5.41 Å². The monoisotopic (exact) mass is 242 g/mol. The Morgan fingerprint density at radius 1 is 1.17 bits per heavy atom. The molecular weight excluding hydrogens is 220 g/mol. The van der Waals surface area contributed by atoms with Crippen molar-refractivity contribution in [2.24, 2.45) is 5.41 Å². The number of hydrogen-bond acceptors (Lipinski definition) is 2. The molecule has 1 saturated carbocycles. The number of nitriles is 1. The van der Waals surface area contributed by atoms with Crippen LogP contribution in [0.25, 0.3) is 0 Å². The Morgan fingerprint density at radius 3 is 2.39 bits per heavy atom. The topological polar surface area (TPSA) is 35.8 Å². The molecule has 18 heavy (non-hydrogen) atoms. The summed E-state index contributed by atoms with van der Waals surface area (Å²) >= 11 is 0. The highest BCUT2D eigenvalue weighted by molar-refractivity contribution is 5.36. The lowest BCUT2D eigenvalue weighted by Crippen LogP contribution is -2.38. The van der Waals surface area contributed by atoms with Gasteiger partial charge in [-0.05, 0) is 55.9 Å². The summed E-state index contributed by atoms with van der Waals surface area (Å²) in [5, 5.41) is 12.6. The number of nitrogens with zero attached hydrogens (tertiary/aromatic N) is 1. The van der Waals surface area contributed by atoms with Gasteiger partial charge in [0, 0.05) is 13.1 Å². The quantitative estimate of drug-likeness (QED) is 0.878. The Bertz CT molecular complexity index is 479. The van der Waals surface area contributed by atoms with E-state index in [2.05, 4.69) is 44.3 Å². The summed E-state index contributed by atoms with van der Waals surface area (Å²) in [6.07, 6.45) is 3.32. The van der Waals surface area contributed by atoms with Crippen molar-refractivity contribution in [1.29, 1.82) is 5.26 Å². The van der Waals surface area contributed by atoms with Crippen LogP contribution in [0.3, 0.4) is 0 Å². The second-order valence-corrected chi connectivity index (χ2v) is 5.71. The average Bonchev–Trinajstić information content (AvgIpc) is 2.29. The van der Waals surface area contributed by atoms with Crippen LogP contribution in [0.15, 0.2) is 12.1 Å². The van der Waals surface area contributed by atoms with Gasteiger partial charge in [-0.1, -0.05) is 18.6 Å². The molecule has 1 aliphatic rings. The molecule has 96 valence electrons. The van der Waals surface area contributed by atoms with E-state index in [0.717, 1.165) is 25.9 Å². The van der Waals surface area contributed by atoms with Crippen molar-refractivity contribution >= 4 is 0 Å². The first kappa shape index (κ1) is 13.1. The summed E-state index contributed by atoms with van der Waals surface area (Å²) in [7, 11) is 0. The molecule has 2 nitrogen and oxygen atoms in total. The van der Waals surface area contributed by atoms with Crippen molar-refractivity contribution in [2.75, 3.05) is 6.54 Å². The molecular formula is C16H22N2. The maximum Gasteiger partial charge on any atom is 0.0703 e. The molecule has 0 amide bonds. The van der Waals surface area contributed by atoms with Gasteiger partial charge in [0.2, 0.25) is 0 Å². The Balaban J connectivity index is 1.95. The molecule has 1 aromatic rings. The van der Waals surface area contributed by atoms with Crippen LogP contribution in [0.4, 0.5) is 0 Å². The van der Waals surface area contributed by atoms with Crippen LogP contribution in [0.5, 0.6) is 0 Å². The Kier molecular flexibility index (Phi) is 3.73. The minimum Gasteiger partial charge on any atom is -0.311 e. The van der Waals surface area contributed by atoms with Crippen molar-refractivity contribution in [3.8, 4) is 6.07 Å². The molecule has 0 saturated heterocycles. The molecule has 1 aliphatic carbocycles. The van der Waals surface area contributed by atoms with E-state index in [0.29, 0.717) is 0 Å². The third-order valence-electron chi connectivity index (χ3n) is 4.28. The average molecular weight is 242 g/mol. The number of nitrogens with one attached hydrogen (secondary N) is 1. The normalized spacial score (nSPS) is 17.0. The fourth-order valence-electron chi connectivity index (χ4n) is 2.58. The molecule has 1 aromatic carbocycles. The van der Waals surface area contributed by atoms with E-state index in [4.69, 9.17) is 0 Å². The first-order chi connectivity index (χ1) is 8.56. The molecule has 0 unspecified atom stereocenters. The summed E-state index contributed by atoms with van der Waals surface area (Å²) in [5.41, 5.74) is 5.31. The molecule has 1 fully saturated rings. The third-order valence-corrected chi connectivity index (χ3v) is 4.28. The van der Waals surface area contributed by atoms with Crippen LogP contribution in [-0.2, 0) is 6.54 Å². The molecule has 1 N–H and O–H groups in total. The Morgan fingerprint density at radius 2 is 1.83 bits per heavy atom. The zero-order valence-corrected chi connectivity index (χ0v) is 11.6. The second-order valence-electron chi connectivity index (χ2n) is 5.71. The molecule has 0 spiro atoms. The summed E-state index contributed by atoms with van der Waals surface area (Å²) in [4.78, 5) is 0. The zero-order valence-electron chi connectivity index (χ0n) is 11.6. The molecule has 0 aliphatic heterocycles. The molecule has 0 heterocycles. The van der Waals surface area contributed by atoms with Gasteiger partial charge >= 0.3 is 0 Å². The lowest BCUT2D eigenvalue weighted by atomic mass is 9.70. The predicted molar refractivity (Wildman–Crippen MR) is 74.3 cm³/mol. The molecule has 2 heteroatoms. The molecule has 0 atom stereocenters. The summed E-state index contributed by atoms with van der Waals surface area (Å²) in [6.45, 7) is 8.17. The van der Waals surface area contributed by atoms with Gasteiger partial charge in [-0.25, -0.2) is 0 Å². The van der Waals surface area contributed by atoms with Gasteiger partial charge in [0.15, 0.2) is 0 Å². The highest BCUT2D eigenvalue weighted by Crippen LogP contribution is 2.39. The van der Waals surface area contributed by atoms with E-state index < -0.39 is 0 Å². The fourth-order valence-corrected chi connectivity index (χ4v) is 2.58. The van der Waals surface area contributed by atoms with E-state index in [1.54, 1.807) is 0 Å². The van der Waals surface area contributed by atoms with Gasteiger partial charge in [-0.15, -0.1) is 0 Å². The largest absolute Gasteiger partial charge is 0.311 e. The number of benzene rings is 1. The van der Waals surface area contributed by atoms with Gasteiger partial charge < -0.3 is 5.32 Å². The van der Waals surface area contributed by atoms with Crippen LogP contribution < -0.4 is 5.32 Å². The predicted octanol–water partition coefficient (Wildman–Crippen LogP) is 3.40. The maximum atomic E-state index is 9.18.